The molecule has 1 aliphatic rings. The Hall–Kier alpha value is -2.58. The Balaban J connectivity index is 2.39. The van der Waals surface area contributed by atoms with Gasteiger partial charge in [-0.3, -0.25) is 19.8 Å². The van der Waals surface area contributed by atoms with Gasteiger partial charge >= 0.3 is 12.2 Å². The Kier molecular flexibility index (Phi) is 3.59. The molecule has 1 fully saturated rings. The van der Waals surface area contributed by atoms with Gasteiger partial charge in [0, 0.05) is 12.6 Å². The van der Waals surface area contributed by atoms with Crippen LogP contribution in [0.15, 0.2) is 24.3 Å². The molecule has 0 aromatic heterocycles. The summed E-state index contributed by atoms with van der Waals surface area (Å²) >= 11 is 0. The average molecular weight is 315 g/mol. The number of nitrogens with one attached hydrogen (secondary N) is 2. The molecule has 9 heteroatoms. The second-order valence-corrected chi connectivity index (χ2v) is 4.87. The number of likely N-dealkylation sites (N-methyl/N-ethyl adjacent to an activating group) is 1. The third-order valence-electron chi connectivity index (χ3n) is 3.23. The van der Waals surface area contributed by atoms with Gasteiger partial charge < -0.3 is 5.32 Å². The number of urea groups is 1. The monoisotopic (exact) mass is 315 g/mol. The van der Waals surface area contributed by atoms with Gasteiger partial charge in [0.05, 0.1) is 0 Å². The van der Waals surface area contributed by atoms with Crippen LogP contribution in [-0.2, 0) is 4.79 Å². The van der Waals surface area contributed by atoms with E-state index in [0.29, 0.717) is 5.56 Å². The molecule has 6 nitrogen and oxygen atoms in total. The van der Waals surface area contributed by atoms with E-state index < -0.39 is 29.7 Å². The number of halogens is 3. The Bertz CT molecular complexity index is 659. The predicted molar refractivity (Wildman–Crippen MR) is 68.7 cm³/mol. The zero-order valence-electron chi connectivity index (χ0n) is 11.6. The standard InChI is InChI=1S/C13H12F3N3O3/c1-7-4-3-5-8(6-7)9(20)17-12(13(14,15)16)10(21)19(2)11(22)18-12/h3-6H,1-2H3,(H,17,20)(H,18,22)/t12-/m0/s1. The van der Waals surface area contributed by atoms with Crippen LogP contribution < -0.4 is 10.6 Å². The van der Waals surface area contributed by atoms with Gasteiger partial charge in [-0.15, -0.1) is 0 Å². The van der Waals surface area contributed by atoms with E-state index in [-0.39, 0.29) is 10.5 Å². The number of carbonyl (C=O) groups is 3. The highest BCUT2D eigenvalue weighted by Crippen LogP contribution is 2.33. The fourth-order valence-electron chi connectivity index (χ4n) is 2.02. The van der Waals surface area contributed by atoms with Crippen LogP contribution >= 0.6 is 0 Å². The minimum absolute atomic E-state index is 0.0553. The molecular formula is C13H12F3N3O3. The summed E-state index contributed by atoms with van der Waals surface area (Å²) in [6.07, 6.45) is -5.19. The Morgan fingerprint density at radius 1 is 1.32 bits per heavy atom. The molecule has 0 unspecified atom stereocenters. The van der Waals surface area contributed by atoms with E-state index in [9.17, 15) is 27.6 Å². The van der Waals surface area contributed by atoms with Gasteiger partial charge in [-0.05, 0) is 19.1 Å². The van der Waals surface area contributed by atoms with E-state index in [0.717, 1.165) is 7.05 Å². The normalized spacial score (nSPS) is 21.8. The van der Waals surface area contributed by atoms with E-state index in [4.69, 9.17) is 0 Å². The van der Waals surface area contributed by atoms with Crippen molar-refractivity contribution in [2.24, 2.45) is 0 Å². The van der Waals surface area contributed by atoms with Crippen LogP contribution in [0.25, 0.3) is 0 Å². The smallest absolute Gasteiger partial charge is 0.314 e. The summed E-state index contributed by atoms with van der Waals surface area (Å²) in [4.78, 5) is 35.5. The molecule has 118 valence electrons. The average Bonchev–Trinajstić information content (AvgIpc) is 2.63. The van der Waals surface area contributed by atoms with Gasteiger partial charge in [0.25, 0.3) is 17.5 Å². The molecule has 1 atom stereocenters. The van der Waals surface area contributed by atoms with Crippen molar-refractivity contribution in [1.29, 1.82) is 0 Å². The lowest BCUT2D eigenvalue weighted by molar-refractivity contribution is -0.199. The molecule has 0 aliphatic carbocycles. The summed E-state index contributed by atoms with van der Waals surface area (Å²) in [5, 5.41) is 3.10. The molecule has 2 rings (SSSR count). The summed E-state index contributed by atoms with van der Waals surface area (Å²) in [6, 6.07) is 4.58. The van der Waals surface area contributed by atoms with E-state index >= 15 is 0 Å². The lowest BCUT2D eigenvalue weighted by Gasteiger charge is -2.29. The topological polar surface area (TPSA) is 78.5 Å². The molecule has 0 bridgehead atoms. The van der Waals surface area contributed by atoms with Gasteiger partial charge in [0.1, 0.15) is 0 Å². The van der Waals surface area contributed by atoms with Gasteiger partial charge in [0.15, 0.2) is 0 Å². The Labute approximate surface area is 123 Å². The first-order valence-electron chi connectivity index (χ1n) is 6.15. The zero-order chi connectivity index (χ0) is 16.7. The van der Waals surface area contributed by atoms with Crippen LogP contribution in [0.5, 0.6) is 0 Å². The Morgan fingerprint density at radius 3 is 2.41 bits per heavy atom. The quantitative estimate of drug-likeness (QED) is 0.804. The van der Waals surface area contributed by atoms with Gasteiger partial charge in [0.2, 0.25) is 0 Å². The molecule has 1 aromatic carbocycles. The van der Waals surface area contributed by atoms with Crippen molar-refractivity contribution >= 4 is 17.8 Å². The third kappa shape index (κ3) is 2.38. The van der Waals surface area contributed by atoms with Crippen LogP contribution in [-0.4, -0.2) is 41.6 Å². The minimum atomic E-state index is -5.19. The van der Waals surface area contributed by atoms with Crippen LogP contribution in [0.1, 0.15) is 15.9 Å². The second kappa shape index (κ2) is 5.00. The number of hydrogen-bond acceptors (Lipinski definition) is 3. The third-order valence-corrected chi connectivity index (χ3v) is 3.23. The fourth-order valence-corrected chi connectivity index (χ4v) is 2.02. The molecule has 0 saturated carbocycles. The van der Waals surface area contributed by atoms with Crippen LogP contribution in [0.4, 0.5) is 18.0 Å². The molecular weight excluding hydrogens is 303 g/mol. The number of rotatable bonds is 2. The van der Waals surface area contributed by atoms with Crippen molar-refractivity contribution in [3.8, 4) is 0 Å². The van der Waals surface area contributed by atoms with E-state index in [2.05, 4.69) is 0 Å². The van der Waals surface area contributed by atoms with Crippen LogP contribution in [0.3, 0.4) is 0 Å². The molecule has 1 heterocycles. The molecule has 22 heavy (non-hydrogen) atoms. The highest BCUT2D eigenvalue weighted by molar-refractivity contribution is 6.10. The zero-order valence-corrected chi connectivity index (χ0v) is 11.6. The number of benzene rings is 1. The summed E-state index contributed by atoms with van der Waals surface area (Å²) in [7, 11) is 0.893. The molecule has 1 saturated heterocycles. The first kappa shape index (κ1) is 15.8. The number of hydrogen-bond donors (Lipinski definition) is 2. The maximum atomic E-state index is 13.3. The molecule has 0 spiro atoms. The van der Waals surface area contributed by atoms with Gasteiger partial charge in [-0.25, -0.2) is 4.79 Å². The fraction of sp³-hybridized carbons (Fsp3) is 0.308. The number of carbonyl (C=O) groups excluding carboxylic acids is 3. The highest BCUT2D eigenvalue weighted by Gasteiger charge is 2.68. The second-order valence-electron chi connectivity index (χ2n) is 4.87. The number of aryl methyl sites for hydroxylation is 1. The lowest BCUT2D eigenvalue weighted by atomic mass is 10.1. The summed E-state index contributed by atoms with van der Waals surface area (Å²) < 4.78 is 39.9. The van der Waals surface area contributed by atoms with Crippen LogP contribution in [0.2, 0.25) is 0 Å². The van der Waals surface area contributed by atoms with Crippen molar-refractivity contribution in [2.45, 2.75) is 18.8 Å². The Morgan fingerprint density at radius 2 is 1.95 bits per heavy atom. The maximum Gasteiger partial charge on any atom is 0.440 e. The van der Waals surface area contributed by atoms with Crippen molar-refractivity contribution in [1.82, 2.24) is 15.5 Å². The summed E-state index contributed by atoms with van der Waals surface area (Å²) in [6.45, 7) is 1.66. The first-order chi connectivity index (χ1) is 10.1. The molecule has 4 amide bonds. The van der Waals surface area contributed by atoms with Crippen LogP contribution in [0, 0.1) is 6.92 Å². The lowest BCUT2D eigenvalue weighted by Crippen LogP contribution is -2.69. The SMILES string of the molecule is Cc1cccc(C(=O)N[C@]2(C(F)(F)F)NC(=O)N(C)C2=O)c1. The van der Waals surface area contributed by atoms with E-state index in [1.165, 1.54) is 23.5 Å². The maximum absolute atomic E-state index is 13.3. The van der Waals surface area contributed by atoms with Crippen molar-refractivity contribution in [3.63, 3.8) is 0 Å². The van der Waals surface area contributed by atoms with Gasteiger partial charge in [-0.1, -0.05) is 17.7 Å². The number of alkyl halides is 3. The largest absolute Gasteiger partial charge is 0.440 e. The highest BCUT2D eigenvalue weighted by atomic mass is 19.4. The number of nitrogens with zero attached hydrogens (tertiary/aromatic N) is 1. The van der Waals surface area contributed by atoms with Gasteiger partial charge in [-0.2, -0.15) is 13.2 Å². The minimum Gasteiger partial charge on any atom is -0.314 e. The molecule has 1 aliphatic heterocycles. The number of imide groups is 1. The number of amides is 4. The molecule has 1 aromatic rings. The van der Waals surface area contributed by atoms with E-state index in [1.54, 1.807) is 18.3 Å². The van der Waals surface area contributed by atoms with Crippen molar-refractivity contribution < 1.29 is 27.6 Å². The van der Waals surface area contributed by atoms with Crippen molar-refractivity contribution in [2.75, 3.05) is 7.05 Å². The summed E-state index contributed by atoms with van der Waals surface area (Å²) in [5.74, 6) is -2.71. The molecule has 2 N–H and O–H groups in total. The molecule has 0 radical (unpaired) electrons. The van der Waals surface area contributed by atoms with Crippen molar-refractivity contribution in [3.05, 3.63) is 35.4 Å². The van der Waals surface area contributed by atoms with E-state index in [1.807, 2.05) is 0 Å². The predicted octanol–water partition coefficient (Wildman–Crippen LogP) is 1.17. The first-order valence-corrected chi connectivity index (χ1v) is 6.15. The summed E-state index contributed by atoms with van der Waals surface area (Å²) in [5.41, 5.74) is -2.85.